The molecule has 1 aromatic rings. The molecule has 1 amide bonds. The Morgan fingerprint density at radius 1 is 1.56 bits per heavy atom. The molecule has 0 unspecified atom stereocenters. The van der Waals surface area contributed by atoms with Crippen LogP contribution in [0, 0.1) is 0 Å². The van der Waals surface area contributed by atoms with Crippen LogP contribution in [0.3, 0.4) is 0 Å². The number of likely N-dealkylation sites (N-methyl/N-ethyl adjacent to an activating group) is 1. The number of imidazole rings is 1. The molecule has 1 aromatic heterocycles. The van der Waals surface area contributed by atoms with Gasteiger partial charge in [0, 0.05) is 25.4 Å². The van der Waals surface area contributed by atoms with Crippen molar-refractivity contribution < 1.29 is 4.79 Å². The Kier molecular flexibility index (Phi) is 4.49. The Morgan fingerprint density at radius 3 is 2.88 bits per heavy atom. The zero-order chi connectivity index (χ0) is 12.0. The Morgan fingerprint density at radius 2 is 2.31 bits per heavy atom. The maximum absolute atomic E-state index is 11.7. The van der Waals surface area contributed by atoms with Crippen molar-refractivity contribution in [1.82, 2.24) is 20.6 Å². The summed E-state index contributed by atoms with van der Waals surface area (Å²) in [6.07, 6.45) is 5.28. The first-order chi connectivity index (χ1) is 7.56. The van der Waals surface area contributed by atoms with E-state index in [-0.39, 0.29) is 5.91 Å². The monoisotopic (exact) mass is 224 g/mol. The van der Waals surface area contributed by atoms with Gasteiger partial charge in [0.1, 0.15) is 5.82 Å². The minimum atomic E-state index is -0.509. The number of nitrogens with zero attached hydrogens (tertiary/aromatic N) is 1. The smallest absolute Gasteiger partial charge is 0.239 e. The van der Waals surface area contributed by atoms with Crippen LogP contribution in [0.25, 0.3) is 0 Å². The third-order valence-corrected chi connectivity index (χ3v) is 2.62. The molecule has 0 aliphatic heterocycles. The molecule has 5 nitrogen and oxygen atoms in total. The van der Waals surface area contributed by atoms with Gasteiger partial charge in [-0.15, -0.1) is 0 Å². The number of carbonyl (C=O) groups excluding carboxylic acids is 1. The molecule has 0 saturated carbocycles. The van der Waals surface area contributed by atoms with Crippen LogP contribution in [-0.4, -0.2) is 35.0 Å². The van der Waals surface area contributed by atoms with Crippen molar-refractivity contribution in [3.63, 3.8) is 0 Å². The zero-order valence-electron chi connectivity index (χ0n) is 10.1. The summed E-state index contributed by atoms with van der Waals surface area (Å²) in [4.78, 5) is 18.8. The van der Waals surface area contributed by atoms with Crippen LogP contribution in [0.15, 0.2) is 12.4 Å². The summed E-state index contributed by atoms with van der Waals surface area (Å²) in [5.41, 5.74) is -0.509. The van der Waals surface area contributed by atoms with E-state index >= 15 is 0 Å². The fourth-order valence-corrected chi connectivity index (χ4v) is 1.23. The summed E-state index contributed by atoms with van der Waals surface area (Å²) in [7, 11) is 1.78. The number of carbonyl (C=O) groups is 1. The predicted octanol–water partition coefficient (Wildman–Crippen LogP) is 0.457. The number of nitrogens with one attached hydrogen (secondary N) is 3. The first-order valence-corrected chi connectivity index (χ1v) is 5.52. The molecule has 90 valence electrons. The lowest BCUT2D eigenvalue weighted by atomic mass is 10.1. The average molecular weight is 224 g/mol. The van der Waals surface area contributed by atoms with E-state index in [2.05, 4.69) is 20.6 Å². The molecular formula is C11H20N4O. The Labute approximate surface area is 96.0 Å². The van der Waals surface area contributed by atoms with Gasteiger partial charge in [-0.2, -0.15) is 0 Å². The van der Waals surface area contributed by atoms with Gasteiger partial charge in [0.25, 0.3) is 0 Å². The van der Waals surface area contributed by atoms with Crippen LogP contribution in [0.5, 0.6) is 0 Å². The van der Waals surface area contributed by atoms with Gasteiger partial charge in [0.2, 0.25) is 5.91 Å². The van der Waals surface area contributed by atoms with E-state index in [4.69, 9.17) is 0 Å². The third kappa shape index (κ3) is 3.66. The molecular weight excluding hydrogens is 204 g/mol. The molecule has 1 heterocycles. The zero-order valence-corrected chi connectivity index (χ0v) is 10.1. The summed E-state index contributed by atoms with van der Waals surface area (Å²) >= 11 is 0. The molecule has 0 spiro atoms. The SMILES string of the molecule is CNC(C)(C)C(=O)NCCCc1ncc[nH]1. The standard InChI is InChI=1S/C11H20N4O/c1-11(2,12-3)10(16)15-6-4-5-9-13-7-8-14-9/h7-8,12H,4-6H2,1-3H3,(H,13,14)(H,15,16). The van der Waals surface area contributed by atoms with Crippen molar-refractivity contribution in [2.24, 2.45) is 0 Å². The van der Waals surface area contributed by atoms with Crippen LogP contribution in [0.1, 0.15) is 26.1 Å². The molecule has 0 saturated heterocycles. The first-order valence-electron chi connectivity index (χ1n) is 5.52. The normalized spacial score (nSPS) is 11.4. The van der Waals surface area contributed by atoms with E-state index in [0.29, 0.717) is 6.54 Å². The summed E-state index contributed by atoms with van der Waals surface area (Å²) in [5.74, 6) is 0.983. The number of hydrogen-bond donors (Lipinski definition) is 3. The van der Waals surface area contributed by atoms with E-state index in [0.717, 1.165) is 18.7 Å². The molecule has 0 fully saturated rings. The van der Waals surface area contributed by atoms with Crippen molar-refractivity contribution in [1.29, 1.82) is 0 Å². The van der Waals surface area contributed by atoms with E-state index in [1.807, 2.05) is 13.8 Å². The van der Waals surface area contributed by atoms with Crippen LogP contribution >= 0.6 is 0 Å². The van der Waals surface area contributed by atoms with E-state index in [1.165, 1.54) is 0 Å². The molecule has 0 aliphatic carbocycles. The highest BCUT2D eigenvalue weighted by molar-refractivity contribution is 5.85. The highest BCUT2D eigenvalue weighted by atomic mass is 16.2. The van der Waals surface area contributed by atoms with E-state index in [9.17, 15) is 4.79 Å². The van der Waals surface area contributed by atoms with Crippen molar-refractivity contribution >= 4 is 5.91 Å². The lowest BCUT2D eigenvalue weighted by molar-refractivity contribution is -0.126. The summed E-state index contributed by atoms with van der Waals surface area (Å²) in [5, 5.41) is 5.86. The lowest BCUT2D eigenvalue weighted by Crippen LogP contribution is -2.51. The number of aryl methyl sites for hydroxylation is 1. The number of amides is 1. The molecule has 5 heteroatoms. The fourth-order valence-electron chi connectivity index (χ4n) is 1.23. The van der Waals surface area contributed by atoms with Gasteiger partial charge in [-0.25, -0.2) is 4.98 Å². The van der Waals surface area contributed by atoms with Crippen LogP contribution in [-0.2, 0) is 11.2 Å². The number of hydrogen-bond acceptors (Lipinski definition) is 3. The van der Waals surface area contributed by atoms with E-state index in [1.54, 1.807) is 19.4 Å². The molecule has 0 atom stereocenters. The molecule has 3 N–H and O–H groups in total. The first kappa shape index (κ1) is 12.7. The summed E-state index contributed by atoms with van der Waals surface area (Å²) in [6.45, 7) is 4.38. The second-order valence-electron chi connectivity index (χ2n) is 4.27. The van der Waals surface area contributed by atoms with Crippen LogP contribution in [0.4, 0.5) is 0 Å². The van der Waals surface area contributed by atoms with Crippen LogP contribution < -0.4 is 10.6 Å². The summed E-state index contributed by atoms with van der Waals surface area (Å²) in [6, 6.07) is 0. The van der Waals surface area contributed by atoms with Crippen molar-refractivity contribution in [3.8, 4) is 0 Å². The number of H-pyrrole nitrogens is 1. The molecule has 0 aromatic carbocycles. The predicted molar refractivity (Wildman–Crippen MR) is 63.1 cm³/mol. The number of rotatable bonds is 6. The van der Waals surface area contributed by atoms with Gasteiger partial charge in [0.15, 0.2) is 0 Å². The minimum absolute atomic E-state index is 0.0226. The van der Waals surface area contributed by atoms with Gasteiger partial charge in [0.05, 0.1) is 5.54 Å². The second kappa shape index (κ2) is 5.65. The van der Waals surface area contributed by atoms with Crippen molar-refractivity contribution in [2.75, 3.05) is 13.6 Å². The quantitative estimate of drug-likeness (QED) is 0.615. The van der Waals surface area contributed by atoms with Gasteiger partial charge in [-0.05, 0) is 27.3 Å². The van der Waals surface area contributed by atoms with Gasteiger partial charge in [-0.1, -0.05) is 0 Å². The van der Waals surface area contributed by atoms with Crippen molar-refractivity contribution in [2.45, 2.75) is 32.2 Å². The van der Waals surface area contributed by atoms with Gasteiger partial charge < -0.3 is 15.6 Å². The summed E-state index contributed by atoms with van der Waals surface area (Å²) < 4.78 is 0. The minimum Gasteiger partial charge on any atom is -0.355 e. The largest absolute Gasteiger partial charge is 0.355 e. The molecule has 0 bridgehead atoms. The molecule has 16 heavy (non-hydrogen) atoms. The van der Waals surface area contributed by atoms with Crippen molar-refractivity contribution in [3.05, 3.63) is 18.2 Å². The average Bonchev–Trinajstić information content (AvgIpc) is 2.76. The second-order valence-corrected chi connectivity index (χ2v) is 4.27. The molecule has 0 aliphatic rings. The fraction of sp³-hybridized carbons (Fsp3) is 0.636. The number of aromatic nitrogens is 2. The lowest BCUT2D eigenvalue weighted by Gasteiger charge is -2.22. The molecule has 1 rings (SSSR count). The van der Waals surface area contributed by atoms with Gasteiger partial charge >= 0.3 is 0 Å². The maximum atomic E-state index is 11.7. The maximum Gasteiger partial charge on any atom is 0.239 e. The Balaban J connectivity index is 2.18. The highest BCUT2D eigenvalue weighted by Gasteiger charge is 2.24. The Hall–Kier alpha value is -1.36. The highest BCUT2D eigenvalue weighted by Crippen LogP contribution is 2.00. The Bertz CT molecular complexity index is 319. The third-order valence-electron chi connectivity index (χ3n) is 2.62. The molecule has 0 radical (unpaired) electrons. The van der Waals surface area contributed by atoms with E-state index < -0.39 is 5.54 Å². The topological polar surface area (TPSA) is 69.8 Å². The van der Waals surface area contributed by atoms with Crippen LogP contribution in [0.2, 0.25) is 0 Å². The number of aromatic amines is 1. The van der Waals surface area contributed by atoms with Gasteiger partial charge in [-0.3, -0.25) is 4.79 Å².